The molecule has 6 nitrogen and oxygen atoms in total. The smallest absolute Gasteiger partial charge is 0.416 e. The summed E-state index contributed by atoms with van der Waals surface area (Å²) < 4.78 is 43.8. The van der Waals surface area contributed by atoms with Gasteiger partial charge in [-0.3, -0.25) is 9.59 Å². The number of hydrogen-bond donors (Lipinski definition) is 3. The average molecular weight is 383 g/mol. The van der Waals surface area contributed by atoms with Gasteiger partial charge in [0.05, 0.1) is 5.56 Å². The molecule has 0 radical (unpaired) electrons. The standard InChI is InChI=1S/C18H20F3N3O3/c1-4-23-16(25)13-9-14(15(24-13)17(26)22-3)27-10(2)11-5-7-12(8-6-11)18(19,20)21/h5-10,24H,4H2,1-3H3,(H,22,26)(H,23,25). The largest absolute Gasteiger partial charge is 0.484 e. The van der Waals surface area contributed by atoms with Crippen LogP contribution in [0.15, 0.2) is 30.3 Å². The molecule has 0 aliphatic heterocycles. The van der Waals surface area contributed by atoms with Crippen molar-refractivity contribution >= 4 is 11.8 Å². The molecule has 1 aromatic heterocycles. The van der Waals surface area contributed by atoms with Gasteiger partial charge in [0.1, 0.15) is 17.5 Å². The third kappa shape index (κ3) is 4.81. The molecule has 0 fully saturated rings. The molecule has 0 bridgehead atoms. The van der Waals surface area contributed by atoms with Gasteiger partial charge in [0.25, 0.3) is 11.8 Å². The van der Waals surface area contributed by atoms with Crippen molar-refractivity contribution in [1.82, 2.24) is 15.6 Å². The summed E-state index contributed by atoms with van der Waals surface area (Å²) in [6.07, 6.45) is -5.06. The van der Waals surface area contributed by atoms with E-state index in [1.807, 2.05) is 0 Å². The summed E-state index contributed by atoms with van der Waals surface area (Å²) >= 11 is 0. The van der Waals surface area contributed by atoms with Crippen LogP contribution in [0.3, 0.4) is 0 Å². The Hall–Kier alpha value is -2.97. The molecule has 1 aromatic carbocycles. The second kappa shape index (κ2) is 8.15. The normalized spacial score (nSPS) is 12.4. The van der Waals surface area contributed by atoms with Gasteiger partial charge in [0.2, 0.25) is 0 Å². The zero-order valence-corrected chi connectivity index (χ0v) is 15.0. The zero-order valence-electron chi connectivity index (χ0n) is 15.0. The Bertz CT molecular complexity index is 813. The number of halogens is 3. The van der Waals surface area contributed by atoms with Crippen LogP contribution in [0, 0.1) is 0 Å². The first kappa shape index (κ1) is 20.3. The Balaban J connectivity index is 2.26. The van der Waals surface area contributed by atoms with Crippen LogP contribution in [0.1, 0.15) is 52.1 Å². The fourth-order valence-corrected chi connectivity index (χ4v) is 2.40. The van der Waals surface area contributed by atoms with Crippen LogP contribution in [0.4, 0.5) is 13.2 Å². The first-order valence-electron chi connectivity index (χ1n) is 8.24. The van der Waals surface area contributed by atoms with E-state index in [0.29, 0.717) is 12.1 Å². The third-order valence-electron chi connectivity index (χ3n) is 3.83. The van der Waals surface area contributed by atoms with Crippen LogP contribution in [0.5, 0.6) is 5.75 Å². The number of alkyl halides is 3. The van der Waals surface area contributed by atoms with E-state index in [1.165, 1.54) is 25.2 Å². The molecule has 27 heavy (non-hydrogen) atoms. The van der Waals surface area contributed by atoms with Gasteiger partial charge in [0.15, 0.2) is 5.75 Å². The topological polar surface area (TPSA) is 83.2 Å². The summed E-state index contributed by atoms with van der Waals surface area (Å²) in [5, 5.41) is 5.04. The highest BCUT2D eigenvalue weighted by Gasteiger charge is 2.30. The number of H-pyrrole nitrogens is 1. The molecule has 146 valence electrons. The van der Waals surface area contributed by atoms with Crippen LogP contribution >= 0.6 is 0 Å². The maximum atomic E-state index is 12.7. The SMILES string of the molecule is CCNC(=O)c1cc(OC(C)c2ccc(C(F)(F)F)cc2)c(C(=O)NC)[nH]1. The molecule has 0 saturated heterocycles. The second-order valence-electron chi connectivity index (χ2n) is 5.74. The van der Waals surface area contributed by atoms with Crippen molar-refractivity contribution in [3.05, 3.63) is 52.8 Å². The highest BCUT2D eigenvalue weighted by molar-refractivity contribution is 5.99. The van der Waals surface area contributed by atoms with Crippen molar-refractivity contribution in [2.24, 2.45) is 0 Å². The Morgan fingerprint density at radius 3 is 2.33 bits per heavy atom. The lowest BCUT2D eigenvalue weighted by Gasteiger charge is -2.16. The van der Waals surface area contributed by atoms with Crippen molar-refractivity contribution in [3.8, 4) is 5.75 Å². The van der Waals surface area contributed by atoms with Crippen molar-refractivity contribution in [3.63, 3.8) is 0 Å². The van der Waals surface area contributed by atoms with Gasteiger partial charge in [-0.25, -0.2) is 0 Å². The van der Waals surface area contributed by atoms with Gasteiger partial charge in [-0.15, -0.1) is 0 Å². The number of nitrogens with one attached hydrogen (secondary N) is 3. The van der Waals surface area contributed by atoms with E-state index in [-0.39, 0.29) is 17.1 Å². The quantitative estimate of drug-likeness (QED) is 0.716. The minimum Gasteiger partial charge on any atom is -0.484 e. The monoisotopic (exact) mass is 383 g/mol. The van der Waals surface area contributed by atoms with E-state index < -0.39 is 29.7 Å². The lowest BCUT2D eigenvalue weighted by atomic mass is 10.1. The average Bonchev–Trinajstić information content (AvgIpc) is 3.04. The molecule has 2 aromatic rings. The number of amides is 2. The number of rotatable bonds is 6. The summed E-state index contributed by atoms with van der Waals surface area (Å²) in [7, 11) is 1.43. The number of hydrogen-bond acceptors (Lipinski definition) is 3. The van der Waals surface area contributed by atoms with Crippen molar-refractivity contribution in [1.29, 1.82) is 0 Å². The summed E-state index contributed by atoms with van der Waals surface area (Å²) in [6, 6.07) is 5.93. The zero-order chi connectivity index (χ0) is 20.2. The van der Waals surface area contributed by atoms with E-state index in [9.17, 15) is 22.8 Å². The van der Waals surface area contributed by atoms with Crippen molar-refractivity contribution < 1.29 is 27.5 Å². The number of aromatic nitrogens is 1. The van der Waals surface area contributed by atoms with Gasteiger partial charge in [-0.2, -0.15) is 13.2 Å². The van der Waals surface area contributed by atoms with Crippen molar-refractivity contribution in [2.75, 3.05) is 13.6 Å². The summed E-state index contributed by atoms with van der Waals surface area (Å²) in [5.41, 5.74) is -0.0705. The Kier molecular flexibility index (Phi) is 6.14. The summed E-state index contributed by atoms with van der Waals surface area (Å²) in [6.45, 7) is 3.80. The van der Waals surface area contributed by atoms with E-state index in [4.69, 9.17) is 4.74 Å². The van der Waals surface area contributed by atoms with Gasteiger partial charge >= 0.3 is 6.18 Å². The number of benzene rings is 1. The van der Waals surface area contributed by atoms with Crippen LogP contribution in [0.2, 0.25) is 0 Å². The molecule has 2 amide bonds. The van der Waals surface area contributed by atoms with Gasteiger partial charge < -0.3 is 20.4 Å². The van der Waals surface area contributed by atoms with E-state index >= 15 is 0 Å². The molecular formula is C18H20F3N3O3. The predicted molar refractivity (Wildman–Crippen MR) is 92.7 cm³/mol. The molecule has 0 aliphatic rings. The highest BCUT2D eigenvalue weighted by Crippen LogP contribution is 2.31. The molecule has 3 N–H and O–H groups in total. The van der Waals surface area contributed by atoms with Crippen LogP contribution in [-0.2, 0) is 6.18 Å². The predicted octanol–water partition coefficient (Wildman–Crippen LogP) is 3.28. The number of aromatic amines is 1. The molecule has 1 unspecified atom stereocenters. The fraction of sp³-hybridized carbons (Fsp3) is 0.333. The molecule has 0 spiro atoms. The van der Waals surface area contributed by atoms with Crippen LogP contribution in [0.25, 0.3) is 0 Å². The Morgan fingerprint density at radius 1 is 1.19 bits per heavy atom. The summed E-state index contributed by atoms with van der Waals surface area (Å²) in [4.78, 5) is 26.7. The first-order valence-corrected chi connectivity index (χ1v) is 8.24. The number of carbonyl (C=O) groups excluding carboxylic acids is 2. The van der Waals surface area contributed by atoms with E-state index in [1.54, 1.807) is 13.8 Å². The van der Waals surface area contributed by atoms with Gasteiger partial charge in [0, 0.05) is 19.7 Å². The van der Waals surface area contributed by atoms with Crippen LogP contribution in [-0.4, -0.2) is 30.4 Å². The highest BCUT2D eigenvalue weighted by atomic mass is 19.4. The number of carbonyl (C=O) groups is 2. The van der Waals surface area contributed by atoms with Gasteiger partial charge in [-0.05, 0) is 31.5 Å². The lowest BCUT2D eigenvalue weighted by Crippen LogP contribution is -2.23. The summed E-state index contributed by atoms with van der Waals surface area (Å²) in [5.74, 6) is -0.761. The lowest BCUT2D eigenvalue weighted by molar-refractivity contribution is -0.137. The maximum absolute atomic E-state index is 12.7. The molecule has 0 saturated carbocycles. The Labute approximate surface area is 154 Å². The molecule has 1 atom stereocenters. The molecule has 9 heteroatoms. The maximum Gasteiger partial charge on any atom is 0.416 e. The van der Waals surface area contributed by atoms with Crippen molar-refractivity contribution in [2.45, 2.75) is 26.1 Å². The first-order chi connectivity index (χ1) is 12.7. The molecular weight excluding hydrogens is 363 g/mol. The molecule has 0 aliphatic carbocycles. The van der Waals surface area contributed by atoms with E-state index in [0.717, 1.165) is 12.1 Å². The minimum absolute atomic E-state index is 0.0533. The van der Waals surface area contributed by atoms with E-state index in [2.05, 4.69) is 15.6 Å². The Morgan fingerprint density at radius 2 is 1.81 bits per heavy atom. The second-order valence-corrected chi connectivity index (χ2v) is 5.74. The molecule has 1 heterocycles. The fourth-order valence-electron chi connectivity index (χ4n) is 2.40. The van der Waals surface area contributed by atoms with Gasteiger partial charge in [-0.1, -0.05) is 12.1 Å². The van der Waals surface area contributed by atoms with Crippen LogP contribution < -0.4 is 15.4 Å². The minimum atomic E-state index is -4.42. The molecule has 2 rings (SSSR count). The third-order valence-corrected chi connectivity index (χ3v) is 3.83. The number of ether oxygens (including phenoxy) is 1.